The Labute approximate surface area is 631 Å². The quantitative estimate of drug-likeness (QED) is 0.00814. The van der Waals surface area contributed by atoms with E-state index >= 15 is 0 Å². The number of methoxy groups -OCH3 is 1. The molecule has 0 aliphatic carbocycles. The number of hydrogen-bond acceptors (Lipinski definition) is 28. The van der Waals surface area contributed by atoms with Crippen molar-refractivity contribution in [1.29, 1.82) is 0 Å². The van der Waals surface area contributed by atoms with E-state index in [1.807, 2.05) is 44.4 Å². The second-order valence-corrected chi connectivity index (χ2v) is 27.4. The maximum absolute atomic E-state index is 14.3. The van der Waals surface area contributed by atoms with Gasteiger partial charge in [0, 0.05) is 80.1 Å². The summed E-state index contributed by atoms with van der Waals surface area (Å²) in [4.78, 5) is 103. The summed E-state index contributed by atoms with van der Waals surface area (Å²) in [6, 6.07) is 14.7. The first-order chi connectivity index (χ1) is 52.2. The molecule has 0 radical (unpaired) electrons. The number of pyridine rings is 2. The lowest BCUT2D eigenvalue weighted by Gasteiger charge is -2.35. The number of aromatic nitrogens is 7. The molecule has 2 aromatic carbocycles. The van der Waals surface area contributed by atoms with E-state index in [0.29, 0.717) is 117 Å². The molecule has 0 saturated heterocycles. The highest BCUT2D eigenvalue weighted by Gasteiger charge is 2.51. The summed E-state index contributed by atoms with van der Waals surface area (Å²) >= 11 is 1.47. The number of anilines is 1. The smallest absolute Gasteiger partial charge is 0.457 e. The number of carbonyl (C=O) groups excluding carboxylic acids is 6. The van der Waals surface area contributed by atoms with Gasteiger partial charge in [0.05, 0.1) is 73.3 Å². The second kappa shape index (κ2) is 45.8. The normalized spacial score (nSPS) is 13.8. The molecule has 0 unspecified atom stereocenters. The maximum atomic E-state index is 14.3. The summed E-state index contributed by atoms with van der Waals surface area (Å²) in [5.74, 6) is 4.34. The molecule has 2 atom stereocenters. The lowest BCUT2D eigenvalue weighted by atomic mass is 9.85. The number of nitrogens with two attached hydrogens (primary N) is 1. The predicted octanol–water partition coefficient (Wildman–Crippen LogP) is 5.23. The second-order valence-electron chi connectivity index (χ2n) is 24.7. The van der Waals surface area contributed by atoms with Crippen LogP contribution in [0.1, 0.15) is 125 Å². The molecule has 4 amide bonds. The molecule has 0 spiro atoms. The molecular weight excluding hydrogens is 1450 g/mol. The number of carbonyl (C=O) groups is 6. The molecule has 2 aliphatic rings. The highest BCUT2D eigenvalue weighted by molar-refractivity contribution is 7.98. The molecule has 6 N–H and O–H groups in total. The van der Waals surface area contributed by atoms with Gasteiger partial charge in [-0.05, 0) is 107 Å². The molecule has 4 aromatic heterocycles. The number of amides is 4. The SMILES string of the molecule is CCC(=O)N[C@@H](CCCCN)C(=O)Nc1ccc(COC(=O)O[C@]2(CC)C(=O)OCc3c2cc2n(c3=O)Cc3c-2nc2ccccc2c3CCN(C(C)C)S(C)(=O)=O)cc1.COCC(=O)NCCCOCOCOCOCOCOCOCOCCn1cc(CNC(=O)CCCC#Cc2cnc(SC)nc2)nn1. The van der Waals surface area contributed by atoms with E-state index in [-0.39, 0.29) is 141 Å². The van der Waals surface area contributed by atoms with Crippen LogP contribution in [0.2, 0.25) is 0 Å². The van der Waals surface area contributed by atoms with Crippen LogP contribution in [-0.2, 0) is 136 Å². The number of nitrogens with zero attached hydrogens (tertiary/aromatic N) is 8. The number of thioether (sulfide) groups is 1. The van der Waals surface area contributed by atoms with E-state index in [1.54, 1.807) is 72.0 Å². The summed E-state index contributed by atoms with van der Waals surface area (Å²) in [5.41, 5.74) is 9.12. The Hall–Kier alpha value is -8.94. The fourth-order valence-electron chi connectivity index (χ4n) is 11.1. The average Bonchev–Trinajstić information content (AvgIpc) is 1.51. The van der Waals surface area contributed by atoms with Gasteiger partial charge in [0.15, 0.2) is 39.1 Å². The van der Waals surface area contributed by atoms with Gasteiger partial charge in [0.25, 0.3) is 5.56 Å². The molecule has 34 nitrogen and oxygen atoms in total. The van der Waals surface area contributed by atoms with Crippen LogP contribution in [0.5, 0.6) is 0 Å². The largest absolute Gasteiger partial charge is 0.510 e. The Bertz CT molecular complexity index is 4140. The molecule has 2 aliphatic heterocycles. The summed E-state index contributed by atoms with van der Waals surface area (Å²) in [5, 5.41) is 20.7. The number of hydrogen-bond donors (Lipinski definition) is 5. The van der Waals surface area contributed by atoms with Crippen molar-refractivity contribution >= 4 is 74.1 Å². The third-order valence-electron chi connectivity index (χ3n) is 16.5. The average molecular weight is 1540 g/mol. The number of sulfonamides is 1. The molecule has 0 saturated carbocycles. The van der Waals surface area contributed by atoms with Gasteiger partial charge in [0.1, 0.15) is 45.1 Å². The molecule has 0 fully saturated rings. The number of cyclic esters (lactones) is 1. The minimum absolute atomic E-state index is 0.00471. The standard InChI is InChI=1S/C43H52N6O10S.C29H45N7O11S/c1-6-37(50)46-35(14-10-11-20-44)39(51)45-28-17-15-27(16-18-28)24-58-42(54)59-43(7-2)33-22-36-38-31(23-48(36)40(52)32(33)25-57-41(43)53)29(30-12-8-9-13-34(30)47-38)19-21-49(26(3)4)60(5,55)56;1-39-17-28(38)30-9-6-11-40-18-42-20-44-22-46-24-47-23-45-21-43-19-41-12-10-36-16-26(34-35-36)15-31-27(37)8-5-3-4-7-25-13-32-29(48-2)33-14-25/h8-9,12-13,15-18,22,26,35H,6-7,10-11,14,19-21,23-25,44H2,1-5H3,(H,45,51)(H,46,50);13-14,16H,3,5-6,8-12,15,17-24H2,1-2H3,(H,30,38)(H,31,37)/t35-,43-;/m0./s1. The highest BCUT2D eigenvalue weighted by Crippen LogP contribution is 2.42. The lowest BCUT2D eigenvalue weighted by Crippen LogP contribution is -2.47. The van der Waals surface area contributed by atoms with E-state index in [9.17, 15) is 42.0 Å². The first-order valence-electron chi connectivity index (χ1n) is 35.2. The van der Waals surface area contributed by atoms with Gasteiger partial charge in [-0.2, -0.15) is 4.31 Å². The van der Waals surface area contributed by atoms with E-state index in [0.717, 1.165) is 28.5 Å². The predicted molar refractivity (Wildman–Crippen MR) is 393 cm³/mol. The van der Waals surface area contributed by atoms with Gasteiger partial charge < -0.3 is 88.4 Å². The summed E-state index contributed by atoms with van der Waals surface area (Å²) < 4.78 is 92.8. The summed E-state index contributed by atoms with van der Waals surface area (Å²) in [6.07, 6.45) is 11.7. The van der Waals surface area contributed by atoms with Crippen molar-refractivity contribution in [2.24, 2.45) is 5.73 Å². The van der Waals surface area contributed by atoms with Crippen LogP contribution < -0.4 is 32.6 Å². The fourth-order valence-corrected chi connectivity index (χ4v) is 12.6. The van der Waals surface area contributed by atoms with Crippen LogP contribution in [0.4, 0.5) is 10.5 Å². The third kappa shape index (κ3) is 27.3. The summed E-state index contributed by atoms with van der Waals surface area (Å²) in [7, 11) is -2.04. The minimum Gasteiger partial charge on any atom is -0.457 e. The number of esters is 1. The molecule has 108 heavy (non-hydrogen) atoms. The number of nitrogens with one attached hydrogen (secondary N) is 4. The number of para-hydroxylation sites is 1. The number of ether oxygens (including phenoxy) is 12. The third-order valence-corrected chi connectivity index (χ3v) is 18.5. The zero-order valence-corrected chi connectivity index (χ0v) is 63.6. The van der Waals surface area contributed by atoms with Crippen LogP contribution in [0.3, 0.4) is 0 Å². The summed E-state index contributed by atoms with van der Waals surface area (Å²) in [6.45, 7) is 9.31. The van der Waals surface area contributed by atoms with Gasteiger partial charge in [-0.1, -0.05) is 73.0 Å². The molecular formula is C72H97N13O21S2. The Morgan fingerprint density at radius 2 is 1.52 bits per heavy atom. The Balaban J connectivity index is 0.000000309. The van der Waals surface area contributed by atoms with Gasteiger partial charge in [-0.25, -0.2) is 37.6 Å². The van der Waals surface area contributed by atoms with Crippen molar-refractivity contribution in [1.82, 2.24) is 54.8 Å². The topological polar surface area (TPSA) is 416 Å². The van der Waals surface area contributed by atoms with Crippen molar-refractivity contribution in [2.45, 2.75) is 148 Å². The fraction of sp³-hybridized carbons (Fsp3) is 0.528. The molecule has 8 rings (SSSR count). The first kappa shape index (κ1) is 86.3. The molecule has 6 heterocycles. The molecule has 588 valence electrons. The van der Waals surface area contributed by atoms with E-state index in [4.69, 9.17) is 67.6 Å². The van der Waals surface area contributed by atoms with Crippen LogP contribution in [0, 0.1) is 11.8 Å². The van der Waals surface area contributed by atoms with Crippen LogP contribution in [0.25, 0.3) is 22.3 Å². The van der Waals surface area contributed by atoms with Gasteiger partial charge in [-0.3, -0.25) is 24.0 Å². The first-order valence-corrected chi connectivity index (χ1v) is 38.2. The zero-order chi connectivity index (χ0) is 77.7. The number of fused-ring (bicyclic) bond motifs is 5. The lowest BCUT2D eigenvalue weighted by molar-refractivity contribution is -0.221. The zero-order valence-electron chi connectivity index (χ0n) is 61.9. The van der Waals surface area contributed by atoms with E-state index in [2.05, 4.69) is 53.4 Å². The van der Waals surface area contributed by atoms with Gasteiger partial charge in [0.2, 0.25) is 39.3 Å². The van der Waals surface area contributed by atoms with Crippen LogP contribution in [0.15, 0.2) is 83.1 Å². The van der Waals surface area contributed by atoms with Gasteiger partial charge in [-0.15, -0.1) is 5.10 Å². The van der Waals surface area contributed by atoms with Crippen molar-refractivity contribution in [3.63, 3.8) is 0 Å². The Morgan fingerprint density at radius 3 is 2.17 bits per heavy atom. The molecule has 36 heteroatoms. The van der Waals surface area contributed by atoms with Crippen molar-refractivity contribution in [3.8, 4) is 23.2 Å². The Kier molecular flexibility index (Phi) is 36.6. The maximum Gasteiger partial charge on any atom is 0.510 e. The Morgan fingerprint density at radius 1 is 0.833 bits per heavy atom. The van der Waals surface area contributed by atoms with Crippen molar-refractivity contribution in [2.75, 3.05) is 112 Å². The van der Waals surface area contributed by atoms with Gasteiger partial charge >= 0.3 is 12.1 Å². The highest BCUT2D eigenvalue weighted by atomic mass is 32.2. The molecule has 0 bridgehead atoms. The van der Waals surface area contributed by atoms with E-state index < -0.39 is 39.4 Å². The minimum atomic E-state index is -3.50. The monoisotopic (exact) mass is 1540 g/mol. The van der Waals surface area contributed by atoms with E-state index in [1.165, 1.54) is 29.4 Å². The molecule has 6 aromatic rings. The number of rotatable bonds is 46. The van der Waals surface area contributed by atoms with Crippen molar-refractivity contribution in [3.05, 3.63) is 123 Å². The van der Waals surface area contributed by atoms with Crippen LogP contribution >= 0.6 is 11.8 Å². The number of benzene rings is 2. The van der Waals surface area contributed by atoms with Crippen LogP contribution in [-0.4, -0.2) is 202 Å². The number of unbranched alkanes of at least 4 members (excludes halogenated alkanes) is 2. The van der Waals surface area contributed by atoms with Crippen molar-refractivity contribution < 1.29 is 94.0 Å².